The molecule has 0 radical (unpaired) electrons. The van der Waals surface area contributed by atoms with Gasteiger partial charge in [-0.3, -0.25) is 4.79 Å². The van der Waals surface area contributed by atoms with Crippen LogP contribution in [0.2, 0.25) is 0 Å². The van der Waals surface area contributed by atoms with Crippen LogP contribution in [0.25, 0.3) is 10.9 Å². The Bertz CT molecular complexity index is 1150. The number of hydrogen-bond acceptors (Lipinski definition) is 6. The van der Waals surface area contributed by atoms with Crippen LogP contribution in [0.3, 0.4) is 0 Å². The molecule has 0 spiro atoms. The highest BCUT2D eigenvalue weighted by Gasteiger charge is 2.44. The molecule has 1 aliphatic rings. The van der Waals surface area contributed by atoms with Crippen molar-refractivity contribution in [3.63, 3.8) is 0 Å². The summed E-state index contributed by atoms with van der Waals surface area (Å²) in [5, 5.41) is 7.62. The maximum absolute atomic E-state index is 13.0. The number of aromatic nitrogens is 2. The molecule has 31 heavy (non-hydrogen) atoms. The smallest absolute Gasteiger partial charge is 0.419 e. The van der Waals surface area contributed by atoms with Crippen LogP contribution in [0.4, 0.5) is 4.79 Å². The summed E-state index contributed by atoms with van der Waals surface area (Å²) in [6, 6.07) is 8.94. The summed E-state index contributed by atoms with van der Waals surface area (Å²) in [5.41, 5.74) is 0.298. The lowest BCUT2D eigenvalue weighted by Gasteiger charge is -2.21. The Morgan fingerprint density at radius 1 is 1.23 bits per heavy atom. The molecule has 0 unspecified atom stereocenters. The molecule has 1 amide bonds. The molecule has 0 saturated heterocycles. The largest absolute Gasteiger partial charge is 0.443 e. The molecule has 8 heteroatoms. The van der Waals surface area contributed by atoms with E-state index in [2.05, 4.69) is 10.5 Å². The molecule has 1 N–H and O–H groups in total. The number of nitrogens with one attached hydrogen (secondary N) is 1. The first kappa shape index (κ1) is 21.0. The van der Waals surface area contributed by atoms with Crippen LogP contribution in [-0.4, -0.2) is 27.3 Å². The summed E-state index contributed by atoms with van der Waals surface area (Å²) in [7, 11) is 0. The highest BCUT2D eigenvalue weighted by Crippen LogP contribution is 2.45. The molecule has 0 bridgehead atoms. The SMILES string of the molecule is Cc1cc(Oc2ccc3cc(CNC(=O)C4(C)CC4)n(C(=O)OC(C)(C)C)c3c2)no1. The molecule has 1 saturated carbocycles. The zero-order valence-electron chi connectivity index (χ0n) is 18.4. The van der Waals surface area contributed by atoms with Crippen molar-refractivity contribution in [3.05, 3.63) is 41.8 Å². The molecule has 0 atom stereocenters. The van der Waals surface area contributed by atoms with Crippen LogP contribution in [-0.2, 0) is 16.1 Å². The van der Waals surface area contributed by atoms with E-state index in [1.54, 1.807) is 25.1 Å². The van der Waals surface area contributed by atoms with Crippen LogP contribution >= 0.6 is 0 Å². The maximum atomic E-state index is 13.0. The van der Waals surface area contributed by atoms with E-state index >= 15 is 0 Å². The van der Waals surface area contributed by atoms with Crippen molar-refractivity contribution in [3.8, 4) is 11.6 Å². The first-order valence-corrected chi connectivity index (χ1v) is 10.3. The van der Waals surface area contributed by atoms with Gasteiger partial charge < -0.3 is 19.3 Å². The quantitative estimate of drug-likeness (QED) is 0.623. The van der Waals surface area contributed by atoms with Gasteiger partial charge in [-0.15, -0.1) is 0 Å². The predicted molar refractivity (Wildman–Crippen MR) is 114 cm³/mol. The number of nitrogens with zero attached hydrogens (tertiary/aromatic N) is 2. The molecule has 0 aliphatic heterocycles. The van der Waals surface area contributed by atoms with Gasteiger partial charge in [-0.25, -0.2) is 9.36 Å². The Hall–Kier alpha value is -3.29. The lowest BCUT2D eigenvalue weighted by molar-refractivity contribution is -0.125. The molecular weight excluding hydrogens is 398 g/mol. The summed E-state index contributed by atoms with van der Waals surface area (Å²) < 4.78 is 17.9. The monoisotopic (exact) mass is 425 g/mol. The molecular formula is C23H27N3O5. The lowest BCUT2D eigenvalue weighted by atomic mass is 10.1. The second-order valence-electron chi connectivity index (χ2n) is 9.29. The molecule has 8 nitrogen and oxygen atoms in total. The molecule has 2 heterocycles. The third-order valence-corrected chi connectivity index (χ3v) is 5.24. The Balaban J connectivity index is 1.68. The number of fused-ring (bicyclic) bond motifs is 1. The van der Waals surface area contributed by atoms with Gasteiger partial charge in [0.2, 0.25) is 5.91 Å². The van der Waals surface area contributed by atoms with Gasteiger partial charge in [0.25, 0.3) is 5.88 Å². The van der Waals surface area contributed by atoms with Crippen LogP contribution in [0.5, 0.6) is 11.6 Å². The van der Waals surface area contributed by atoms with Crippen molar-refractivity contribution in [1.82, 2.24) is 15.0 Å². The van der Waals surface area contributed by atoms with Gasteiger partial charge in [-0.05, 0) is 63.9 Å². The number of ether oxygens (including phenoxy) is 2. The summed E-state index contributed by atoms with van der Waals surface area (Å²) in [5.74, 6) is 1.47. The van der Waals surface area contributed by atoms with Gasteiger partial charge in [-0.2, -0.15) is 0 Å². The fourth-order valence-electron chi connectivity index (χ4n) is 3.27. The Morgan fingerprint density at radius 2 is 1.97 bits per heavy atom. The van der Waals surface area contributed by atoms with Crippen LogP contribution in [0.1, 0.15) is 52.0 Å². The second kappa shape index (κ2) is 7.44. The van der Waals surface area contributed by atoms with Crippen molar-refractivity contribution in [2.24, 2.45) is 5.41 Å². The maximum Gasteiger partial charge on any atom is 0.419 e. The minimum Gasteiger partial charge on any atom is -0.443 e. The second-order valence-corrected chi connectivity index (χ2v) is 9.29. The summed E-state index contributed by atoms with van der Waals surface area (Å²) in [4.78, 5) is 25.5. The normalized spacial score (nSPS) is 15.0. The third-order valence-electron chi connectivity index (χ3n) is 5.24. The van der Waals surface area contributed by atoms with Crippen LogP contribution in [0.15, 0.2) is 34.9 Å². The Morgan fingerprint density at radius 3 is 2.58 bits per heavy atom. The van der Waals surface area contributed by atoms with Crippen molar-refractivity contribution in [2.75, 3.05) is 0 Å². The predicted octanol–water partition coefficient (Wildman–Crippen LogP) is 4.93. The topological polar surface area (TPSA) is 95.6 Å². The zero-order chi connectivity index (χ0) is 22.4. The minimum atomic E-state index is -0.665. The average Bonchev–Trinajstić information content (AvgIpc) is 3.14. The minimum absolute atomic E-state index is 0.00100. The third kappa shape index (κ3) is 4.57. The van der Waals surface area contributed by atoms with Gasteiger partial charge >= 0.3 is 6.09 Å². The summed E-state index contributed by atoms with van der Waals surface area (Å²) in [6.45, 7) is 9.38. The molecule has 2 aromatic heterocycles. The number of aryl methyl sites for hydroxylation is 1. The molecule has 1 fully saturated rings. The van der Waals surface area contributed by atoms with Gasteiger partial charge in [0.05, 0.1) is 12.1 Å². The van der Waals surface area contributed by atoms with Crippen molar-refractivity contribution in [2.45, 2.75) is 59.6 Å². The number of rotatable bonds is 5. The van der Waals surface area contributed by atoms with Crippen molar-refractivity contribution < 1.29 is 23.6 Å². The van der Waals surface area contributed by atoms with E-state index in [-0.39, 0.29) is 17.9 Å². The van der Waals surface area contributed by atoms with E-state index in [1.165, 1.54) is 4.57 Å². The van der Waals surface area contributed by atoms with Crippen LogP contribution < -0.4 is 10.1 Å². The number of hydrogen-bond donors (Lipinski definition) is 1. The summed E-state index contributed by atoms with van der Waals surface area (Å²) >= 11 is 0. The van der Waals surface area contributed by atoms with E-state index in [0.717, 1.165) is 18.2 Å². The average molecular weight is 425 g/mol. The van der Waals surface area contributed by atoms with E-state index in [9.17, 15) is 9.59 Å². The first-order chi connectivity index (χ1) is 14.5. The molecule has 1 aliphatic carbocycles. The lowest BCUT2D eigenvalue weighted by Crippen LogP contribution is -2.32. The van der Waals surface area contributed by atoms with Crippen LogP contribution in [0, 0.1) is 12.3 Å². The van der Waals surface area contributed by atoms with Gasteiger partial charge in [0, 0.05) is 28.6 Å². The Kier molecular flexibility index (Phi) is 5.03. The Labute approximate surface area is 180 Å². The fraction of sp³-hybridized carbons (Fsp3) is 0.435. The van der Waals surface area contributed by atoms with E-state index in [1.807, 2.05) is 39.8 Å². The van der Waals surface area contributed by atoms with E-state index < -0.39 is 11.7 Å². The van der Waals surface area contributed by atoms with E-state index in [4.69, 9.17) is 14.0 Å². The number of benzene rings is 1. The van der Waals surface area contributed by atoms with Gasteiger partial charge in [0.1, 0.15) is 17.1 Å². The molecule has 4 rings (SSSR count). The molecule has 1 aromatic carbocycles. The zero-order valence-corrected chi connectivity index (χ0v) is 18.4. The van der Waals surface area contributed by atoms with Gasteiger partial charge in [-0.1, -0.05) is 6.92 Å². The molecule has 3 aromatic rings. The highest BCUT2D eigenvalue weighted by atomic mass is 16.6. The highest BCUT2D eigenvalue weighted by molar-refractivity contribution is 5.92. The summed E-state index contributed by atoms with van der Waals surface area (Å²) in [6.07, 6.45) is 1.26. The van der Waals surface area contributed by atoms with Crippen molar-refractivity contribution >= 4 is 22.9 Å². The number of carbonyl (C=O) groups is 2. The van der Waals surface area contributed by atoms with Gasteiger partial charge in [0.15, 0.2) is 0 Å². The standard InChI is InChI=1S/C23H27N3O5/c1-14-10-19(25-31-14)29-17-7-6-15-11-16(13-24-20(27)23(5)8-9-23)26(18(15)12-17)21(28)30-22(2,3)4/h6-7,10-12H,8-9,13H2,1-5H3,(H,24,27). The first-order valence-electron chi connectivity index (χ1n) is 10.3. The number of carbonyl (C=O) groups excluding carboxylic acids is 2. The number of amides is 1. The van der Waals surface area contributed by atoms with E-state index in [0.29, 0.717) is 28.6 Å². The fourth-order valence-corrected chi connectivity index (χ4v) is 3.27. The van der Waals surface area contributed by atoms with Crippen molar-refractivity contribution in [1.29, 1.82) is 0 Å². The molecule has 164 valence electrons.